The number of hydrogen-bond acceptors (Lipinski definition) is 5. The summed E-state index contributed by atoms with van der Waals surface area (Å²) >= 11 is 0. The third-order valence-corrected chi connectivity index (χ3v) is 9.10. The molecular formula is C36H48N6O. The van der Waals surface area contributed by atoms with Crippen molar-refractivity contribution in [1.82, 2.24) is 30.8 Å². The maximum atomic E-state index is 7.60. The van der Waals surface area contributed by atoms with Gasteiger partial charge in [-0.2, -0.15) is 0 Å². The predicted molar refractivity (Wildman–Crippen MR) is 176 cm³/mol. The van der Waals surface area contributed by atoms with Crippen LogP contribution in [0.15, 0.2) is 71.3 Å². The van der Waals surface area contributed by atoms with Crippen molar-refractivity contribution in [2.24, 2.45) is 5.92 Å². The van der Waals surface area contributed by atoms with E-state index in [1.165, 1.54) is 29.6 Å². The molecule has 0 saturated heterocycles. The molecule has 0 radical (unpaired) electrons. The number of benzene rings is 2. The fraction of sp³-hybridized carbons (Fsp3) is 0.500. The molecule has 2 N–H and O–H groups in total. The number of allylic oxidation sites excluding steroid dienone is 2. The minimum Gasteiger partial charge on any atom is -0.475 e. The van der Waals surface area contributed by atoms with E-state index in [9.17, 15) is 0 Å². The van der Waals surface area contributed by atoms with Gasteiger partial charge in [0.25, 0.3) is 0 Å². The van der Waals surface area contributed by atoms with E-state index in [0.717, 1.165) is 91.8 Å². The number of hydrogen-bond donors (Lipinski definition) is 2. The summed E-state index contributed by atoms with van der Waals surface area (Å²) in [5.41, 5.74) is 9.43. The number of H-pyrrole nitrogens is 2. The van der Waals surface area contributed by atoms with Crippen molar-refractivity contribution in [2.75, 3.05) is 0 Å². The number of unbranched alkanes of at least 4 members (excludes halogenated alkanes) is 4. The van der Waals surface area contributed by atoms with Gasteiger partial charge in [0.15, 0.2) is 16.9 Å². The summed E-state index contributed by atoms with van der Waals surface area (Å²) in [7, 11) is 0. The molecule has 2 aromatic carbocycles. The average Bonchev–Trinajstić information content (AvgIpc) is 3.72. The topological polar surface area (TPSA) is 92.4 Å². The van der Waals surface area contributed by atoms with Crippen LogP contribution >= 0.6 is 0 Å². The molecule has 0 bridgehead atoms. The number of fused-ring (bicyclic) bond motifs is 2. The van der Waals surface area contributed by atoms with Gasteiger partial charge in [0, 0.05) is 11.5 Å². The molecule has 7 heteroatoms. The van der Waals surface area contributed by atoms with Gasteiger partial charge in [0.05, 0.1) is 11.0 Å². The molecule has 0 saturated carbocycles. The number of ether oxygens (including phenoxy) is 1. The van der Waals surface area contributed by atoms with Gasteiger partial charge in [-0.25, -0.2) is 0 Å². The van der Waals surface area contributed by atoms with Crippen LogP contribution in [0.2, 0.25) is 0 Å². The fourth-order valence-electron chi connectivity index (χ4n) is 6.99. The average molecular weight is 581 g/mol. The van der Waals surface area contributed by atoms with Crippen LogP contribution in [0.5, 0.6) is 5.75 Å². The largest absolute Gasteiger partial charge is 0.475 e. The number of aromatic nitrogens is 6. The van der Waals surface area contributed by atoms with Crippen LogP contribution in [0, 0.1) is 5.92 Å². The Morgan fingerprint density at radius 1 is 0.744 bits per heavy atom. The van der Waals surface area contributed by atoms with E-state index in [1.807, 2.05) is 24.3 Å². The minimum atomic E-state index is -0.859. The number of rotatable bonds is 16. The molecule has 0 aliphatic heterocycles. The zero-order valence-electron chi connectivity index (χ0n) is 26.5. The van der Waals surface area contributed by atoms with Gasteiger partial charge in [0.2, 0.25) is 0 Å². The van der Waals surface area contributed by atoms with Crippen molar-refractivity contribution < 1.29 is 4.74 Å². The van der Waals surface area contributed by atoms with Crippen molar-refractivity contribution >= 4 is 22.1 Å². The van der Waals surface area contributed by atoms with E-state index in [4.69, 9.17) is 4.74 Å². The SMILES string of the molecule is C=CC1C(CCCC)=C(CCCC)C(CCCC)=C(CCCC)C1(Oc1cccc2[nH]nnc12)c1cccc2[nH]nnc12. The van der Waals surface area contributed by atoms with Crippen LogP contribution in [-0.2, 0) is 5.60 Å². The van der Waals surface area contributed by atoms with Crippen molar-refractivity contribution in [3.8, 4) is 5.75 Å². The second-order valence-corrected chi connectivity index (χ2v) is 11.9. The van der Waals surface area contributed by atoms with E-state index < -0.39 is 5.60 Å². The van der Waals surface area contributed by atoms with Crippen molar-refractivity contribution in [2.45, 2.75) is 110 Å². The molecule has 5 rings (SSSR count). The highest BCUT2D eigenvalue weighted by Crippen LogP contribution is 2.56. The summed E-state index contributed by atoms with van der Waals surface area (Å²) in [4.78, 5) is 0. The first-order chi connectivity index (χ1) is 21.1. The third-order valence-electron chi connectivity index (χ3n) is 9.10. The van der Waals surface area contributed by atoms with Gasteiger partial charge in [-0.15, -0.1) is 16.8 Å². The molecule has 0 spiro atoms. The summed E-state index contributed by atoms with van der Waals surface area (Å²) in [6.07, 6.45) is 15.3. The Balaban J connectivity index is 1.90. The van der Waals surface area contributed by atoms with Gasteiger partial charge in [0.1, 0.15) is 5.52 Å². The Kier molecular flexibility index (Phi) is 10.1. The first-order valence-electron chi connectivity index (χ1n) is 16.5. The standard InChI is InChI=1S/C36H48N6O/c1-6-11-17-25-26(18-12-7-2)28(10-5)36(29(20-14-9-4)27(25)19-13-8-3,30-21-15-22-31-34(30)39-41-37-31)43-33-24-16-23-32-35(33)40-42-38-32/h10,15-16,21-24,28H,5-9,11-14,17-20H2,1-4H3,(H,37,39,41)(H,38,40,42). The molecule has 1 aliphatic rings. The highest BCUT2D eigenvalue weighted by Gasteiger charge is 2.52. The van der Waals surface area contributed by atoms with E-state index in [-0.39, 0.29) is 5.92 Å². The highest BCUT2D eigenvalue weighted by molar-refractivity contribution is 5.82. The molecule has 7 nitrogen and oxygen atoms in total. The molecule has 4 aromatic rings. The fourth-order valence-corrected chi connectivity index (χ4v) is 6.99. The molecule has 1 aliphatic carbocycles. The monoisotopic (exact) mass is 580 g/mol. The number of aromatic amines is 2. The molecule has 228 valence electrons. The van der Waals surface area contributed by atoms with Gasteiger partial charge < -0.3 is 4.74 Å². The summed E-state index contributed by atoms with van der Waals surface area (Å²) in [5.74, 6) is 0.641. The van der Waals surface area contributed by atoms with Crippen molar-refractivity contribution in [3.63, 3.8) is 0 Å². The smallest absolute Gasteiger partial charge is 0.168 e. The third kappa shape index (κ3) is 5.78. The molecule has 0 amide bonds. The Hall–Kier alpha value is -3.74. The minimum absolute atomic E-state index is 0.0763. The molecule has 2 heterocycles. The molecule has 2 aromatic heterocycles. The Bertz CT molecular complexity index is 1590. The normalized spacial score (nSPS) is 19.1. The maximum Gasteiger partial charge on any atom is 0.168 e. The summed E-state index contributed by atoms with van der Waals surface area (Å²) in [5, 5.41) is 23.7. The molecule has 43 heavy (non-hydrogen) atoms. The lowest BCUT2D eigenvalue weighted by Crippen LogP contribution is -2.46. The number of nitrogens with one attached hydrogen (secondary N) is 2. The Morgan fingerprint density at radius 3 is 2.00 bits per heavy atom. The molecule has 0 fully saturated rings. The summed E-state index contributed by atoms with van der Waals surface area (Å²) < 4.78 is 7.60. The van der Waals surface area contributed by atoms with Crippen molar-refractivity contribution in [1.29, 1.82) is 0 Å². The Labute approximate surface area is 256 Å². The second-order valence-electron chi connectivity index (χ2n) is 11.9. The first-order valence-corrected chi connectivity index (χ1v) is 16.5. The van der Waals surface area contributed by atoms with Crippen LogP contribution in [-0.4, -0.2) is 30.8 Å². The lowest BCUT2D eigenvalue weighted by atomic mass is 9.62. The molecule has 2 atom stereocenters. The van der Waals surface area contributed by atoms with Gasteiger partial charge in [-0.1, -0.05) is 93.7 Å². The first kappa shape index (κ1) is 30.7. The van der Waals surface area contributed by atoms with E-state index in [0.29, 0.717) is 5.75 Å². The van der Waals surface area contributed by atoms with Gasteiger partial charge in [-0.3, -0.25) is 10.2 Å². The summed E-state index contributed by atoms with van der Waals surface area (Å²) in [6.45, 7) is 13.7. The predicted octanol–water partition coefficient (Wildman–Crippen LogP) is 9.67. The van der Waals surface area contributed by atoms with Crippen molar-refractivity contribution in [3.05, 3.63) is 76.9 Å². The van der Waals surface area contributed by atoms with E-state index in [1.54, 1.807) is 5.57 Å². The van der Waals surface area contributed by atoms with Crippen LogP contribution < -0.4 is 4.74 Å². The van der Waals surface area contributed by atoms with E-state index in [2.05, 4.69) is 83.3 Å². The Morgan fingerprint density at radius 2 is 1.33 bits per heavy atom. The molecule has 2 unspecified atom stereocenters. The lowest BCUT2D eigenvalue weighted by Gasteiger charge is -2.48. The second kappa shape index (κ2) is 14.2. The van der Waals surface area contributed by atoms with Crippen LogP contribution in [0.25, 0.3) is 22.1 Å². The quantitative estimate of drug-likeness (QED) is 0.129. The maximum absolute atomic E-state index is 7.60. The highest BCUT2D eigenvalue weighted by atomic mass is 16.5. The zero-order chi connectivity index (χ0) is 30.2. The van der Waals surface area contributed by atoms with Crippen LogP contribution in [0.1, 0.15) is 110 Å². The number of nitrogens with zero attached hydrogens (tertiary/aromatic N) is 4. The van der Waals surface area contributed by atoms with E-state index >= 15 is 0 Å². The van der Waals surface area contributed by atoms with Gasteiger partial charge in [-0.05, 0) is 86.3 Å². The molecular weight excluding hydrogens is 532 g/mol. The van der Waals surface area contributed by atoms with Crippen LogP contribution in [0.4, 0.5) is 0 Å². The summed E-state index contributed by atoms with van der Waals surface area (Å²) in [6, 6.07) is 12.4. The van der Waals surface area contributed by atoms with Gasteiger partial charge >= 0.3 is 0 Å². The zero-order valence-corrected chi connectivity index (χ0v) is 26.5. The van der Waals surface area contributed by atoms with Crippen LogP contribution in [0.3, 0.4) is 0 Å². The lowest BCUT2D eigenvalue weighted by molar-refractivity contribution is 0.0668.